The van der Waals surface area contributed by atoms with Crippen molar-refractivity contribution in [1.82, 2.24) is 0 Å². The van der Waals surface area contributed by atoms with Crippen LogP contribution in [0.15, 0.2) is 53.0 Å². The maximum absolute atomic E-state index is 12.1. The van der Waals surface area contributed by atoms with Crippen molar-refractivity contribution in [3.8, 4) is 11.1 Å². The first-order chi connectivity index (χ1) is 10.5. The van der Waals surface area contributed by atoms with Crippen molar-refractivity contribution in [2.24, 2.45) is 0 Å². The summed E-state index contributed by atoms with van der Waals surface area (Å²) in [7, 11) is 0. The van der Waals surface area contributed by atoms with Crippen LogP contribution in [0.25, 0.3) is 11.1 Å². The van der Waals surface area contributed by atoms with Gasteiger partial charge in [-0.05, 0) is 30.5 Å². The Kier molecular flexibility index (Phi) is 5.37. The third kappa shape index (κ3) is 3.23. The molecule has 0 fully saturated rings. The van der Waals surface area contributed by atoms with Crippen molar-refractivity contribution in [1.29, 1.82) is 0 Å². The summed E-state index contributed by atoms with van der Waals surface area (Å²) in [6, 6.07) is 15.5. The van der Waals surface area contributed by atoms with E-state index in [0.717, 1.165) is 11.1 Å². The fourth-order valence-corrected chi connectivity index (χ4v) is 3.06. The lowest BCUT2D eigenvalue weighted by Crippen LogP contribution is -2.37. The molecule has 2 rings (SSSR count). The van der Waals surface area contributed by atoms with E-state index in [9.17, 15) is 9.90 Å². The van der Waals surface area contributed by atoms with Crippen LogP contribution in [0.2, 0.25) is 0 Å². The van der Waals surface area contributed by atoms with Gasteiger partial charge >= 0.3 is 5.97 Å². The van der Waals surface area contributed by atoms with Gasteiger partial charge < -0.3 is 9.84 Å². The number of halogens is 1. The van der Waals surface area contributed by atoms with Crippen molar-refractivity contribution in [2.75, 3.05) is 6.61 Å². The van der Waals surface area contributed by atoms with Gasteiger partial charge in [-0.25, -0.2) is 4.79 Å². The lowest BCUT2D eigenvalue weighted by Gasteiger charge is -2.26. The van der Waals surface area contributed by atoms with Gasteiger partial charge in [-0.1, -0.05) is 65.3 Å². The molecular weight excluding hydrogens is 344 g/mol. The predicted octanol–water partition coefficient (Wildman–Crippen LogP) is 4.28. The Morgan fingerprint density at radius 1 is 1.14 bits per heavy atom. The van der Waals surface area contributed by atoms with Crippen molar-refractivity contribution in [3.63, 3.8) is 0 Å². The number of aliphatic hydroxyl groups is 1. The highest BCUT2D eigenvalue weighted by molar-refractivity contribution is 9.10. The van der Waals surface area contributed by atoms with Gasteiger partial charge in [0.05, 0.1) is 6.61 Å². The molecule has 0 amide bonds. The molecule has 0 bridgehead atoms. The zero-order chi connectivity index (χ0) is 16.2. The minimum Gasteiger partial charge on any atom is -0.464 e. The van der Waals surface area contributed by atoms with Crippen LogP contribution in [-0.2, 0) is 15.1 Å². The molecule has 4 heteroatoms. The second-order valence-corrected chi connectivity index (χ2v) is 5.85. The van der Waals surface area contributed by atoms with Crippen LogP contribution in [0.5, 0.6) is 0 Å². The summed E-state index contributed by atoms with van der Waals surface area (Å²) in [5.74, 6) is -0.620. The van der Waals surface area contributed by atoms with Crippen LogP contribution >= 0.6 is 15.9 Å². The maximum atomic E-state index is 12.1. The van der Waals surface area contributed by atoms with E-state index in [1.54, 1.807) is 19.9 Å². The molecule has 0 aliphatic carbocycles. The van der Waals surface area contributed by atoms with Gasteiger partial charge in [0.1, 0.15) is 0 Å². The Morgan fingerprint density at radius 3 is 2.36 bits per heavy atom. The summed E-state index contributed by atoms with van der Waals surface area (Å²) < 4.78 is 5.70. The third-order valence-electron chi connectivity index (χ3n) is 3.65. The molecule has 1 N–H and O–H groups in total. The number of hydrogen-bond donors (Lipinski definition) is 1. The summed E-state index contributed by atoms with van der Waals surface area (Å²) in [6.07, 6.45) is 0.245. The quantitative estimate of drug-likeness (QED) is 0.807. The van der Waals surface area contributed by atoms with Crippen LogP contribution in [0, 0.1) is 0 Å². The van der Waals surface area contributed by atoms with Gasteiger partial charge in [-0.2, -0.15) is 0 Å². The number of benzene rings is 2. The van der Waals surface area contributed by atoms with Crippen molar-refractivity contribution in [2.45, 2.75) is 25.9 Å². The molecule has 0 aromatic heterocycles. The minimum atomic E-state index is -1.63. The second-order valence-electron chi connectivity index (χ2n) is 4.99. The van der Waals surface area contributed by atoms with E-state index < -0.39 is 11.6 Å². The standard InChI is InChI=1S/C18H19BrO3/c1-3-18(21,17(20)22-4-2)15-11-10-14(12-16(15)19)13-8-6-5-7-9-13/h5-12,21H,3-4H2,1-2H3. The first-order valence-electron chi connectivity index (χ1n) is 7.28. The highest BCUT2D eigenvalue weighted by Gasteiger charge is 2.39. The second kappa shape index (κ2) is 7.07. The van der Waals surface area contributed by atoms with Crippen LogP contribution in [0.3, 0.4) is 0 Å². The molecule has 3 nitrogen and oxygen atoms in total. The summed E-state index contributed by atoms with van der Waals surface area (Å²) in [5.41, 5.74) is 0.974. The zero-order valence-corrected chi connectivity index (χ0v) is 14.3. The largest absolute Gasteiger partial charge is 0.464 e. The zero-order valence-electron chi connectivity index (χ0n) is 12.7. The molecule has 0 spiro atoms. The number of hydrogen-bond acceptors (Lipinski definition) is 3. The Labute approximate surface area is 139 Å². The predicted molar refractivity (Wildman–Crippen MR) is 90.4 cm³/mol. The average Bonchev–Trinajstić information content (AvgIpc) is 2.55. The summed E-state index contributed by atoms with van der Waals surface area (Å²) >= 11 is 3.47. The van der Waals surface area contributed by atoms with Gasteiger partial charge in [-0.3, -0.25) is 0 Å². The number of esters is 1. The van der Waals surface area contributed by atoms with E-state index >= 15 is 0 Å². The molecule has 0 saturated carbocycles. The van der Waals surface area contributed by atoms with Crippen molar-refractivity contribution in [3.05, 3.63) is 58.6 Å². The first kappa shape index (κ1) is 16.7. The normalized spacial score (nSPS) is 13.5. The van der Waals surface area contributed by atoms with Gasteiger partial charge in [0.15, 0.2) is 5.60 Å². The van der Waals surface area contributed by atoms with E-state index in [4.69, 9.17) is 4.74 Å². The lowest BCUT2D eigenvalue weighted by molar-refractivity contribution is -0.166. The van der Waals surface area contributed by atoms with E-state index in [-0.39, 0.29) is 13.0 Å². The average molecular weight is 363 g/mol. The Balaban J connectivity index is 2.43. The monoisotopic (exact) mass is 362 g/mol. The van der Waals surface area contributed by atoms with E-state index in [0.29, 0.717) is 10.0 Å². The van der Waals surface area contributed by atoms with Crippen molar-refractivity contribution >= 4 is 21.9 Å². The Bertz CT molecular complexity index is 655. The Morgan fingerprint density at radius 2 is 1.82 bits per heavy atom. The fourth-order valence-electron chi connectivity index (χ4n) is 2.36. The van der Waals surface area contributed by atoms with Gasteiger partial charge in [-0.15, -0.1) is 0 Å². The highest BCUT2D eigenvalue weighted by atomic mass is 79.9. The molecule has 116 valence electrons. The molecule has 22 heavy (non-hydrogen) atoms. The molecule has 0 aliphatic heterocycles. The lowest BCUT2D eigenvalue weighted by atomic mass is 9.90. The SMILES string of the molecule is CCOC(=O)C(O)(CC)c1ccc(-c2ccccc2)cc1Br. The fraction of sp³-hybridized carbons (Fsp3) is 0.278. The summed E-state index contributed by atoms with van der Waals surface area (Å²) in [5, 5.41) is 10.7. The van der Waals surface area contributed by atoms with Crippen LogP contribution in [0.4, 0.5) is 0 Å². The van der Waals surface area contributed by atoms with E-state index in [1.807, 2.05) is 42.5 Å². The maximum Gasteiger partial charge on any atom is 0.342 e. The summed E-state index contributed by atoms with van der Waals surface area (Å²) in [6.45, 7) is 3.72. The summed E-state index contributed by atoms with van der Waals surface area (Å²) in [4.78, 5) is 12.1. The third-order valence-corrected chi connectivity index (χ3v) is 4.30. The molecule has 0 aliphatic rings. The van der Waals surface area contributed by atoms with Crippen LogP contribution < -0.4 is 0 Å². The number of carbonyl (C=O) groups is 1. The molecule has 0 radical (unpaired) electrons. The van der Waals surface area contributed by atoms with Gasteiger partial charge in [0, 0.05) is 10.0 Å². The molecule has 0 saturated heterocycles. The number of ether oxygens (including phenoxy) is 1. The van der Waals surface area contributed by atoms with Crippen LogP contribution in [0.1, 0.15) is 25.8 Å². The molecule has 2 aromatic carbocycles. The van der Waals surface area contributed by atoms with E-state index in [1.165, 1.54) is 0 Å². The molecule has 1 unspecified atom stereocenters. The van der Waals surface area contributed by atoms with Crippen molar-refractivity contribution < 1.29 is 14.6 Å². The van der Waals surface area contributed by atoms with Gasteiger partial charge in [0.25, 0.3) is 0 Å². The molecule has 0 heterocycles. The minimum absolute atomic E-state index is 0.237. The first-order valence-corrected chi connectivity index (χ1v) is 8.07. The Hall–Kier alpha value is -1.65. The highest BCUT2D eigenvalue weighted by Crippen LogP contribution is 2.35. The smallest absolute Gasteiger partial charge is 0.342 e. The van der Waals surface area contributed by atoms with Crippen LogP contribution in [-0.4, -0.2) is 17.7 Å². The molecule has 2 aromatic rings. The molecular formula is C18H19BrO3. The topological polar surface area (TPSA) is 46.5 Å². The molecule has 1 atom stereocenters. The number of carbonyl (C=O) groups excluding carboxylic acids is 1. The van der Waals surface area contributed by atoms with Gasteiger partial charge in [0.2, 0.25) is 0 Å². The van der Waals surface area contributed by atoms with E-state index in [2.05, 4.69) is 15.9 Å². The number of rotatable bonds is 5.